The topological polar surface area (TPSA) is 53.5 Å². The van der Waals surface area contributed by atoms with Gasteiger partial charge >= 0.3 is 0 Å². The third-order valence-electron chi connectivity index (χ3n) is 2.29. The summed E-state index contributed by atoms with van der Waals surface area (Å²) in [6, 6.07) is 6.16. The molecule has 0 aromatic rings. The summed E-state index contributed by atoms with van der Waals surface area (Å²) in [6.07, 6.45) is 0. The van der Waals surface area contributed by atoms with Crippen LogP contribution in [0.1, 0.15) is 5.56 Å². The van der Waals surface area contributed by atoms with Crippen molar-refractivity contribution in [2.45, 2.75) is 0 Å². The third kappa shape index (κ3) is 0.796. The van der Waals surface area contributed by atoms with Crippen molar-refractivity contribution < 1.29 is 4.79 Å². The molecule has 2 aliphatic carbocycles. The number of rotatable bonds is 1. The average molecular weight is 173 g/mol. The van der Waals surface area contributed by atoms with E-state index in [1.54, 1.807) is 0 Å². The van der Waals surface area contributed by atoms with Crippen molar-refractivity contribution >= 4 is 11.7 Å². The zero-order chi connectivity index (χ0) is 8.84. The fraction of sp³-hybridized carbons (Fsp3) is 0.111. The summed E-state index contributed by atoms with van der Waals surface area (Å²) in [7, 11) is 0. The molecule has 2 N–H and O–H groups in total. The average Bonchev–Trinajstić information content (AvgIpc) is 2.12. The van der Waals surface area contributed by atoms with Gasteiger partial charge in [0.1, 0.15) is 12.4 Å². The number of benzene rings is 1. The molecule has 4 nitrogen and oxygen atoms in total. The van der Waals surface area contributed by atoms with E-state index in [0.717, 1.165) is 11.4 Å². The first-order valence-corrected chi connectivity index (χ1v) is 4.09. The van der Waals surface area contributed by atoms with Gasteiger partial charge in [-0.3, -0.25) is 20.6 Å². The Morgan fingerprint density at radius 3 is 2.69 bits per heavy atom. The maximum absolute atomic E-state index is 10.8. The molecule has 1 aliphatic heterocycles. The van der Waals surface area contributed by atoms with Crippen LogP contribution in [0.25, 0.3) is 0 Å². The van der Waals surface area contributed by atoms with Crippen molar-refractivity contribution in [2.24, 2.45) is 4.99 Å². The maximum atomic E-state index is 10.8. The highest BCUT2D eigenvalue weighted by Gasteiger charge is 2.16. The SMILES string of the molecule is O=C1CN=C(c2cc3ccc2=3)NN1. The first-order chi connectivity index (χ1) is 6.34. The fourth-order valence-electron chi connectivity index (χ4n) is 1.50. The molecule has 0 aromatic carbocycles. The van der Waals surface area contributed by atoms with Crippen LogP contribution in [-0.2, 0) is 4.79 Å². The minimum Gasteiger partial charge on any atom is -0.282 e. The van der Waals surface area contributed by atoms with Crippen LogP contribution in [0.4, 0.5) is 0 Å². The lowest BCUT2D eigenvalue weighted by atomic mass is 9.98. The molecule has 0 fully saturated rings. The lowest BCUT2D eigenvalue weighted by Crippen LogP contribution is -2.47. The lowest BCUT2D eigenvalue weighted by molar-refractivity contribution is -0.120. The first-order valence-electron chi connectivity index (χ1n) is 4.09. The van der Waals surface area contributed by atoms with Crippen molar-refractivity contribution in [2.75, 3.05) is 6.54 Å². The predicted octanol–water partition coefficient (Wildman–Crippen LogP) is -0.332. The Kier molecular flexibility index (Phi) is 1.07. The van der Waals surface area contributed by atoms with Gasteiger partial charge in [0, 0.05) is 5.56 Å². The Morgan fingerprint density at radius 2 is 2.23 bits per heavy atom. The van der Waals surface area contributed by atoms with Crippen molar-refractivity contribution in [3.05, 3.63) is 34.2 Å². The van der Waals surface area contributed by atoms with Crippen LogP contribution in [0.15, 0.2) is 23.2 Å². The van der Waals surface area contributed by atoms with Gasteiger partial charge < -0.3 is 0 Å². The minimum absolute atomic E-state index is 0.0953. The molecule has 0 radical (unpaired) electrons. The van der Waals surface area contributed by atoms with Gasteiger partial charge in [0.25, 0.3) is 5.91 Å². The highest BCUT2D eigenvalue weighted by atomic mass is 16.2. The molecule has 0 bridgehead atoms. The maximum Gasteiger partial charge on any atom is 0.260 e. The highest BCUT2D eigenvalue weighted by Crippen LogP contribution is 2.16. The number of amidine groups is 1. The summed E-state index contributed by atoms with van der Waals surface area (Å²) in [4.78, 5) is 14.9. The smallest absolute Gasteiger partial charge is 0.260 e. The lowest BCUT2D eigenvalue weighted by Gasteiger charge is -2.19. The zero-order valence-electron chi connectivity index (χ0n) is 6.79. The van der Waals surface area contributed by atoms with E-state index in [9.17, 15) is 4.79 Å². The second kappa shape index (κ2) is 2.10. The van der Waals surface area contributed by atoms with Crippen LogP contribution in [0.3, 0.4) is 0 Å². The molecule has 0 saturated carbocycles. The molecule has 1 amide bonds. The standard InChI is InChI=1S/C9H7N3O/c13-8-4-10-9(12-11-8)7-3-5-1-2-6(5)7/h1-3H,4H2,(H,10,12)(H,11,13). The fourth-order valence-corrected chi connectivity index (χ4v) is 1.50. The monoisotopic (exact) mass is 173 g/mol. The second-order valence-corrected chi connectivity index (χ2v) is 3.10. The Labute approximate surface area is 74.0 Å². The van der Waals surface area contributed by atoms with Crippen molar-refractivity contribution in [3.8, 4) is 0 Å². The van der Waals surface area contributed by atoms with E-state index >= 15 is 0 Å². The molecule has 0 unspecified atom stereocenters. The van der Waals surface area contributed by atoms with Gasteiger partial charge in [0.15, 0.2) is 0 Å². The van der Waals surface area contributed by atoms with E-state index in [2.05, 4.69) is 28.0 Å². The number of hydrogen-bond donors (Lipinski definition) is 2. The van der Waals surface area contributed by atoms with Gasteiger partial charge in [-0.25, -0.2) is 0 Å². The summed E-state index contributed by atoms with van der Waals surface area (Å²) in [5.74, 6) is 0.671. The molecule has 1 heterocycles. The molecule has 3 rings (SSSR count). The van der Waals surface area contributed by atoms with E-state index in [-0.39, 0.29) is 12.5 Å². The first kappa shape index (κ1) is 6.65. The Morgan fingerprint density at radius 1 is 1.31 bits per heavy atom. The summed E-state index contributed by atoms with van der Waals surface area (Å²) >= 11 is 0. The number of amides is 1. The molecular formula is C9H7N3O. The Hall–Kier alpha value is -1.84. The molecule has 13 heavy (non-hydrogen) atoms. The Balaban J connectivity index is 1.97. The molecule has 0 aromatic heterocycles. The number of hydrogen-bond acceptors (Lipinski definition) is 3. The van der Waals surface area contributed by atoms with E-state index in [1.807, 2.05) is 6.07 Å². The van der Waals surface area contributed by atoms with Crippen LogP contribution in [0.2, 0.25) is 0 Å². The van der Waals surface area contributed by atoms with Gasteiger partial charge in [-0.1, -0.05) is 12.1 Å². The van der Waals surface area contributed by atoms with E-state index in [1.165, 1.54) is 10.4 Å². The van der Waals surface area contributed by atoms with E-state index < -0.39 is 0 Å². The number of carbonyl (C=O) groups is 1. The zero-order valence-corrected chi connectivity index (χ0v) is 6.79. The minimum atomic E-state index is -0.0953. The molecule has 64 valence electrons. The van der Waals surface area contributed by atoms with Gasteiger partial charge in [-0.2, -0.15) is 0 Å². The van der Waals surface area contributed by atoms with Gasteiger partial charge in [-0.05, 0) is 16.5 Å². The van der Waals surface area contributed by atoms with Crippen molar-refractivity contribution in [3.63, 3.8) is 0 Å². The van der Waals surface area contributed by atoms with Crippen molar-refractivity contribution in [1.29, 1.82) is 0 Å². The quantitative estimate of drug-likeness (QED) is 0.620. The summed E-state index contributed by atoms with van der Waals surface area (Å²) in [5.41, 5.74) is 6.40. The molecular weight excluding hydrogens is 166 g/mol. The summed E-state index contributed by atoms with van der Waals surface area (Å²) in [6.45, 7) is 0.214. The number of nitrogens with one attached hydrogen (secondary N) is 2. The van der Waals surface area contributed by atoms with Crippen molar-refractivity contribution in [1.82, 2.24) is 10.9 Å². The summed E-state index contributed by atoms with van der Waals surface area (Å²) < 4.78 is 0. The van der Waals surface area contributed by atoms with Gasteiger partial charge in [0.05, 0.1) is 0 Å². The summed E-state index contributed by atoms with van der Waals surface area (Å²) in [5, 5.41) is 2.51. The van der Waals surface area contributed by atoms with E-state index in [4.69, 9.17) is 0 Å². The van der Waals surface area contributed by atoms with Crippen LogP contribution < -0.4 is 10.9 Å². The normalized spacial score (nSPS) is 17.2. The van der Waals surface area contributed by atoms with Crippen LogP contribution in [-0.4, -0.2) is 18.3 Å². The largest absolute Gasteiger partial charge is 0.282 e. The van der Waals surface area contributed by atoms with Crippen LogP contribution in [0, 0.1) is 10.4 Å². The number of hydrazine groups is 1. The van der Waals surface area contributed by atoms with Crippen LogP contribution in [0.5, 0.6) is 0 Å². The highest BCUT2D eigenvalue weighted by molar-refractivity contribution is 6.03. The van der Waals surface area contributed by atoms with Gasteiger partial charge in [0.2, 0.25) is 0 Å². The number of aliphatic imine (C=N–C) groups is 1. The molecule has 0 spiro atoms. The number of carbonyl (C=O) groups excluding carboxylic acids is 1. The second-order valence-electron chi connectivity index (χ2n) is 3.10. The van der Waals surface area contributed by atoms with E-state index in [0.29, 0.717) is 0 Å². The molecule has 0 saturated heterocycles. The molecule has 0 atom stereocenters. The number of nitrogens with zero attached hydrogens (tertiary/aromatic N) is 1. The Bertz CT molecular complexity index is 518. The predicted molar refractivity (Wildman–Crippen MR) is 46.8 cm³/mol. The molecule has 3 aliphatic rings. The molecule has 4 heteroatoms. The van der Waals surface area contributed by atoms with Crippen LogP contribution >= 0.6 is 0 Å². The van der Waals surface area contributed by atoms with Gasteiger partial charge in [-0.15, -0.1) is 0 Å². The third-order valence-corrected chi connectivity index (χ3v) is 2.29.